The number of hydrogen-bond acceptors (Lipinski definition) is 9. The number of hydrogen-bond donors (Lipinski definition) is 3. The van der Waals surface area contributed by atoms with Crippen LogP contribution in [0.4, 0.5) is 0 Å². The van der Waals surface area contributed by atoms with E-state index in [0.29, 0.717) is 32.0 Å². The highest BCUT2D eigenvalue weighted by atomic mass is 16.7. The minimum absolute atomic E-state index is 0.00181. The van der Waals surface area contributed by atoms with Gasteiger partial charge in [-0.3, -0.25) is 28.8 Å². The lowest BCUT2D eigenvalue weighted by Gasteiger charge is -2.38. The minimum Gasteiger partial charge on any atom is -0.381 e. The first-order valence-corrected chi connectivity index (χ1v) is 21.3. The van der Waals surface area contributed by atoms with Crippen LogP contribution in [-0.4, -0.2) is 117 Å². The number of methoxy groups -OCH3 is 2. The number of hydroxylamine groups is 2. The van der Waals surface area contributed by atoms with Gasteiger partial charge in [-0.2, -0.15) is 0 Å². The van der Waals surface area contributed by atoms with Gasteiger partial charge in [0.15, 0.2) is 5.78 Å². The highest BCUT2D eigenvalue weighted by molar-refractivity contribution is 5.90. The molecule has 9 atom stereocenters. The van der Waals surface area contributed by atoms with Crippen molar-refractivity contribution >= 4 is 29.4 Å². The minimum atomic E-state index is -0.737. The third-order valence-electron chi connectivity index (χ3n) is 11.3. The van der Waals surface area contributed by atoms with Gasteiger partial charge in [-0.1, -0.05) is 96.4 Å². The Hall–Kier alpha value is -2.61. The summed E-state index contributed by atoms with van der Waals surface area (Å²) in [4.78, 5) is 71.0. The van der Waals surface area contributed by atoms with Gasteiger partial charge in [-0.25, -0.2) is 5.06 Å². The summed E-state index contributed by atoms with van der Waals surface area (Å²) >= 11 is 0. The van der Waals surface area contributed by atoms with Gasteiger partial charge in [0.25, 0.3) is 5.91 Å². The molecule has 2 aliphatic heterocycles. The molecule has 13 heteroatoms. The van der Waals surface area contributed by atoms with Crippen LogP contribution in [0.2, 0.25) is 0 Å². The van der Waals surface area contributed by atoms with E-state index in [1.807, 2.05) is 74.1 Å². The van der Waals surface area contributed by atoms with E-state index in [9.17, 15) is 24.0 Å². The van der Waals surface area contributed by atoms with Gasteiger partial charge in [0.05, 0.1) is 49.3 Å². The molecular formula is C43H83N5O8. The first-order valence-electron chi connectivity index (χ1n) is 21.3. The van der Waals surface area contributed by atoms with Gasteiger partial charge in [0.1, 0.15) is 6.04 Å². The number of rotatable bonds is 18. The molecule has 3 N–H and O–H groups in total. The number of likely N-dealkylation sites (N-methyl/N-ethyl adjacent to an activating group) is 1. The molecule has 2 saturated heterocycles. The SMILES string of the molecule is CC.CC[C@H](C)[C@H](C)[C@@H](CC(=O)N1CCC[C@H]1[C@H](OC)[C@@H](C)C(=O)N[C@H](C(=O)N1CCCCO1)C(C)(C)C)OC.CNC(C(=O)N[C@H](C(C)=O)C(C)C)C(C)C. The van der Waals surface area contributed by atoms with Gasteiger partial charge >= 0.3 is 0 Å². The van der Waals surface area contributed by atoms with Crippen molar-refractivity contribution in [2.45, 2.75) is 172 Å². The molecule has 0 spiro atoms. The lowest BCUT2D eigenvalue weighted by Crippen LogP contribution is -2.58. The largest absolute Gasteiger partial charge is 0.381 e. The Labute approximate surface area is 340 Å². The summed E-state index contributed by atoms with van der Waals surface area (Å²) in [6.45, 7) is 29.1. The Bertz CT molecular complexity index is 1190. The summed E-state index contributed by atoms with van der Waals surface area (Å²) in [6, 6.07) is -1.58. The van der Waals surface area contributed by atoms with Crippen LogP contribution in [0.5, 0.6) is 0 Å². The number of ketones is 1. The Balaban J connectivity index is 0.00000141. The number of nitrogens with zero attached hydrogens (tertiary/aromatic N) is 2. The molecule has 0 saturated carbocycles. The highest BCUT2D eigenvalue weighted by Gasteiger charge is 2.43. The number of ether oxygens (including phenoxy) is 2. The van der Waals surface area contributed by atoms with Crippen molar-refractivity contribution in [1.29, 1.82) is 0 Å². The van der Waals surface area contributed by atoms with Crippen molar-refractivity contribution in [3.8, 4) is 0 Å². The molecule has 2 aliphatic rings. The predicted molar refractivity (Wildman–Crippen MR) is 223 cm³/mol. The molecule has 0 aromatic carbocycles. The van der Waals surface area contributed by atoms with Crippen LogP contribution in [0, 0.1) is 35.0 Å². The summed E-state index contributed by atoms with van der Waals surface area (Å²) in [7, 11) is 5.01. The molecule has 0 bridgehead atoms. The standard InChI is InChI=1S/C29H53N3O6.C12H24N2O2.C2H6/c1-10-19(2)20(3)23(36-8)18-24(33)31-15-13-14-22(31)25(37-9)21(4)27(34)30-26(29(5,6)7)28(35)32-16-11-12-17-38-32;1-7(2)10(9(5)15)14-12(16)11(13-6)8(3)4;1-2/h19-23,25-26H,10-18H2,1-9H3,(H,30,34);7-8,10-11,13H,1-6H3,(H,14,16);1-2H3/t19-,20-,21+,22-,23+,25+,26+;10-,11?;/m00./s1. The fourth-order valence-electron chi connectivity index (χ4n) is 7.38. The van der Waals surface area contributed by atoms with Crippen molar-refractivity contribution in [3.05, 3.63) is 0 Å². The second kappa shape index (κ2) is 26.4. The van der Waals surface area contributed by atoms with Crippen molar-refractivity contribution in [2.24, 2.45) is 35.0 Å². The van der Waals surface area contributed by atoms with E-state index in [0.717, 1.165) is 32.1 Å². The molecule has 56 heavy (non-hydrogen) atoms. The summed E-state index contributed by atoms with van der Waals surface area (Å²) < 4.78 is 11.6. The molecule has 0 aromatic rings. The van der Waals surface area contributed by atoms with E-state index < -0.39 is 23.5 Å². The third-order valence-corrected chi connectivity index (χ3v) is 11.3. The zero-order valence-electron chi connectivity index (χ0n) is 38.4. The Morgan fingerprint density at radius 1 is 0.821 bits per heavy atom. The Kier molecular flexibility index (Phi) is 25.2. The van der Waals surface area contributed by atoms with Crippen molar-refractivity contribution in [2.75, 3.05) is 41.0 Å². The number of nitrogens with one attached hydrogen (secondary N) is 3. The van der Waals surface area contributed by atoms with Crippen LogP contribution < -0.4 is 16.0 Å². The maximum absolute atomic E-state index is 13.5. The van der Waals surface area contributed by atoms with Crippen LogP contribution in [0.25, 0.3) is 0 Å². The average Bonchev–Trinajstić information content (AvgIpc) is 3.64. The summed E-state index contributed by atoms with van der Waals surface area (Å²) in [5.41, 5.74) is -0.507. The molecule has 2 heterocycles. The third kappa shape index (κ3) is 16.3. The second-order valence-electron chi connectivity index (χ2n) is 17.1. The second-order valence-corrected chi connectivity index (χ2v) is 17.1. The number of carbonyl (C=O) groups excluding carboxylic acids is 5. The quantitative estimate of drug-likeness (QED) is 0.156. The molecule has 0 aromatic heterocycles. The lowest BCUT2D eigenvalue weighted by molar-refractivity contribution is -0.201. The predicted octanol–water partition coefficient (Wildman–Crippen LogP) is 5.79. The maximum Gasteiger partial charge on any atom is 0.269 e. The van der Waals surface area contributed by atoms with Gasteiger partial charge in [-0.05, 0) is 68.7 Å². The van der Waals surface area contributed by atoms with Crippen LogP contribution in [-0.2, 0) is 38.3 Å². The molecule has 0 aliphatic carbocycles. The molecule has 328 valence electrons. The summed E-state index contributed by atoms with van der Waals surface area (Å²) in [5, 5.41) is 10.1. The van der Waals surface area contributed by atoms with E-state index >= 15 is 0 Å². The first-order chi connectivity index (χ1) is 26.2. The lowest BCUT2D eigenvalue weighted by atomic mass is 9.85. The first kappa shape index (κ1) is 53.4. The van der Waals surface area contributed by atoms with E-state index in [-0.39, 0.29) is 71.4 Å². The number of Topliss-reactive ketones (excluding diaryl/α,β-unsaturated/α-hetero) is 1. The molecule has 4 amide bonds. The van der Waals surface area contributed by atoms with E-state index in [4.69, 9.17) is 14.3 Å². The van der Waals surface area contributed by atoms with Crippen LogP contribution in [0.1, 0.15) is 135 Å². The molecular weight excluding hydrogens is 714 g/mol. The normalized spacial score (nSPS) is 20.2. The fraction of sp³-hybridized carbons (Fsp3) is 0.884. The van der Waals surface area contributed by atoms with Crippen molar-refractivity contribution in [3.63, 3.8) is 0 Å². The molecule has 1 unspecified atom stereocenters. The summed E-state index contributed by atoms with van der Waals surface area (Å²) in [6.07, 6.45) is 4.12. The number of likely N-dealkylation sites (tertiary alicyclic amines) is 1. The zero-order chi connectivity index (χ0) is 43.5. The highest BCUT2D eigenvalue weighted by Crippen LogP contribution is 2.30. The zero-order valence-corrected chi connectivity index (χ0v) is 38.4. The monoisotopic (exact) mass is 798 g/mol. The number of amides is 4. The van der Waals surface area contributed by atoms with E-state index in [2.05, 4.69) is 36.7 Å². The summed E-state index contributed by atoms with van der Waals surface area (Å²) in [5.74, 6) is -0.0962. The van der Waals surface area contributed by atoms with Crippen LogP contribution in [0.15, 0.2) is 0 Å². The molecule has 0 radical (unpaired) electrons. The van der Waals surface area contributed by atoms with Crippen molar-refractivity contribution in [1.82, 2.24) is 25.9 Å². The average molecular weight is 798 g/mol. The number of carbonyl (C=O) groups is 5. The van der Waals surface area contributed by atoms with Gasteiger partial charge in [0.2, 0.25) is 17.7 Å². The maximum atomic E-state index is 13.5. The molecule has 2 rings (SSSR count). The van der Waals surface area contributed by atoms with Crippen LogP contribution in [0.3, 0.4) is 0 Å². The van der Waals surface area contributed by atoms with Crippen molar-refractivity contribution < 1.29 is 38.3 Å². The smallest absolute Gasteiger partial charge is 0.269 e. The topological polar surface area (TPSA) is 156 Å². The van der Waals surface area contributed by atoms with E-state index in [1.54, 1.807) is 21.3 Å². The fourth-order valence-corrected chi connectivity index (χ4v) is 7.38. The molecule has 2 fully saturated rings. The van der Waals surface area contributed by atoms with E-state index in [1.165, 1.54) is 12.0 Å². The van der Waals surface area contributed by atoms with Gasteiger partial charge in [0, 0.05) is 27.3 Å². The van der Waals surface area contributed by atoms with Crippen LogP contribution >= 0.6 is 0 Å². The Morgan fingerprint density at radius 3 is 1.84 bits per heavy atom. The molecule has 13 nitrogen and oxygen atoms in total. The van der Waals surface area contributed by atoms with Gasteiger partial charge < -0.3 is 30.3 Å². The Morgan fingerprint density at radius 2 is 1.41 bits per heavy atom. The van der Waals surface area contributed by atoms with Gasteiger partial charge in [-0.15, -0.1) is 0 Å².